The lowest BCUT2D eigenvalue weighted by Crippen LogP contribution is -2.41. The SMILES string of the molecule is CCNC(=NCc1oc2ccccc2c1C)NCCS(=O)(=O)C(C)(C)C. The summed E-state index contributed by atoms with van der Waals surface area (Å²) >= 11 is 0. The molecule has 7 heteroatoms. The van der Waals surface area contributed by atoms with Gasteiger partial charge < -0.3 is 15.1 Å². The average molecular weight is 380 g/mol. The molecule has 2 rings (SSSR count). The van der Waals surface area contributed by atoms with Crippen LogP contribution in [0.5, 0.6) is 0 Å². The minimum atomic E-state index is -3.16. The Hall–Kier alpha value is -2.02. The first-order chi connectivity index (χ1) is 12.2. The van der Waals surface area contributed by atoms with Gasteiger partial charge in [0.2, 0.25) is 0 Å². The van der Waals surface area contributed by atoms with Crippen LogP contribution in [0.25, 0.3) is 11.0 Å². The Bertz CT molecular complexity index is 877. The number of furan rings is 1. The molecule has 0 amide bonds. The summed E-state index contributed by atoms with van der Waals surface area (Å²) in [6, 6.07) is 7.90. The highest BCUT2D eigenvalue weighted by Gasteiger charge is 2.28. The van der Waals surface area contributed by atoms with Crippen LogP contribution in [-0.4, -0.2) is 38.0 Å². The van der Waals surface area contributed by atoms with E-state index in [9.17, 15) is 8.42 Å². The summed E-state index contributed by atoms with van der Waals surface area (Å²) in [6.45, 7) is 10.5. The van der Waals surface area contributed by atoms with E-state index in [1.165, 1.54) is 0 Å². The van der Waals surface area contributed by atoms with Crippen LogP contribution in [0, 0.1) is 6.92 Å². The zero-order valence-electron chi connectivity index (χ0n) is 16.2. The van der Waals surface area contributed by atoms with Crippen LogP contribution in [0.3, 0.4) is 0 Å². The van der Waals surface area contributed by atoms with Gasteiger partial charge in [0.05, 0.1) is 10.5 Å². The lowest BCUT2D eigenvalue weighted by Gasteiger charge is -2.19. The molecule has 0 radical (unpaired) electrons. The standard InChI is InChI=1S/C19H29N3O3S/c1-6-20-18(21-11-12-26(23,24)19(3,4)5)22-13-17-14(2)15-9-7-8-10-16(15)25-17/h7-10H,6,11-13H2,1-5H3,(H2,20,21,22). The Kier molecular flexibility index (Phi) is 6.34. The van der Waals surface area contributed by atoms with Crippen LogP contribution < -0.4 is 10.6 Å². The van der Waals surface area contributed by atoms with E-state index >= 15 is 0 Å². The largest absolute Gasteiger partial charge is 0.459 e. The molecule has 2 N–H and O–H groups in total. The van der Waals surface area contributed by atoms with Gasteiger partial charge in [0.25, 0.3) is 0 Å². The summed E-state index contributed by atoms with van der Waals surface area (Å²) in [5.74, 6) is 1.45. The number of aryl methyl sites for hydroxylation is 1. The molecule has 1 aromatic carbocycles. The van der Waals surface area contributed by atoms with Crippen molar-refractivity contribution in [3.63, 3.8) is 0 Å². The van der Waals surface area contributed by atoms with Crippen molar-refractivity contribution >= 4 is 26.8 Å². The van der Waals surface area contributed by atoms with E-state index in [4.69, 9.17) is 4.42 Å². The van der Waals surface area contributed by atoms with Gasteiger partial charge in [-0.25, -0.2) is 13.4 Å². The van der Waals surface area contributed by atoms with Gasteiger partial charge in [0.1, 0.15) is 17.9 Å². The molecule has 0 aliphatic carbocycles. The van der Waals surface area contributed by atoms with Gasteiger partial charge >= 0.3 is 0 Å². The Morgan fingerprint density at radius 1 is 1.19 bits per heavy atom. The summed E-state index contributed by atoms with van der Waals surface area (Å²) in [4.78, 5) is 4.53. The van der Waals surface area contributed by atoms with Gasteiger partial charge in [-0.3, -0.25) is 0 Å². The summed E-state index contributed by atoms with van der Waals surface area (Å²) in [5, 5.41) is 7.31. The molecule has 0 aliphatic rings. The number of guanidine groups is 1. The maximum absolute atomic E-state index is 12.2. The first-order valence-corrected chi connectivity index (χ1v) is 10.5. The van der Waals surface area contributed by atoms with Gasteiger partial charge in [-0.1, -0.05) is 18.2 Å². The van der Waals surface area contributed by atoms with Crippen molar-refractivity contribution in [2.24, 2.45) is 4.99 Å². The molecule has 1 heterocycles. The number of hydrogen-bond donors (Lipinski definition) is 2. The Balaban J connectivity index is 2.05. The van der Waals surface area contributed by atoms with E-state index in [1.807, 2.05) is 38.1 Å². The minimum absolute atomic E-state index is 0.0601. The highest BCUT2D eigenvalue weighted by molar-refractivity contribution is 7.92. The number of para-hydroxylation sites is 1. The zero-order valence-corrected chi connectivity index (χ0v) is 17.0. The Morgan fingerprint density at radius 2 is 1.88 bits per heavy atom. The summed E-state index contributed by atoms with van der Waals surface area (Å²) in [6.07, 6.45) is 0. The predicted molar refractivity (Wildman–Crippen MR) is 107 cm³/mol. The molecule has 0 bridgehead atoms. The molecule has 0 saturated heterocycles. The smallest absolute Gasteiger partial charge is 0.191 e. The monoisotopic (exact) mass is 379 g/mol. The van der Waals surface area contributed by atoms with E-state index in [-0.39, 0.29) is 5.75 Å². The van der Waals surface area contributed by atoms with Crippen molar-refractivity contribution < 1.29 is 12.8 Å². The molecule has 0 saturated carbocycles. The van der Waals surface area contributed by atoms with Crippen LogP contribution in [-0.2, 0) is 16.4 Å². The maximum atomic E-state index is 12.2. The fourth-order valence-electron chi connectivity index (χ4n) is 2.48. The molecule has 0 spiro atoms. The van der Waals surface area contributed by atoms with Crippen molar-refractivity contribution in [2.45, 2.75) is 45.9 Å². The van der Waals surface area contributed by atoms with Gasteiger partial charge in [0.15, 0.2) is 15.8 Å². The Morgan fingerprint density at radius 3 is 2.50 bits per heavy atom. The van der Waals surface area contributed by atoms with E-state index in [0.29, 0.717) is 25.6 Å². The van der Waals surface area contributed by atoms with Crippen LogP contribution in [0.2, 0.25) is 0 Å². The van der Waals surface area contributed by atoms with Crippen molar-refractivity contribution in [1.82, 2.24) is 10.6 Å². The fraction of sp³-hybridized carbons (Fsp3) is 0.526. The highest BCUT2D eigenvalue weighted by Crippen LogP contribution is 2.25. The average Bonchev–Trinajstić information content (AvgIpc) is 2.88. The number of rotatable bonds is 6. The molecular weight excluding hydrogens is 350 g/mol. The normalized spacial score (nSPS) is 13.2. The van der Waals surface area contributed by atoms with Crippen molar-refractivity contribution in [1.29, 1.82) is 0 Å². The second kappa shape index (κ2) is 8.12. The molecule has 6 nitrogen and oxygen atoms in total. The lowest BCUT2D eigenvalue weighted by molar-refractivity contribution is 0.547. The highest BCUT2D eigenvalue weighted by atomic mass is 32.2. The predicted octanol–water partition coefficient (Wildman–Crippen LogP) is 3.01. The summed E-state index contributed by atoms with van der Waals surface area (Å²) in [5.41, 5.74) is 1.93. The Labute approximate surface area is 156 Å². The first kappa shape index (κ1) is 20.3. The molecule has 1 aromatic heterocycles. The van der Waals surface area contributed by atoms with Crippen molar-refractivity contribution in [3.8, 4) is 0 Å². The molecule has 0 atom stereocenters. The number of hydrogen-bond acceptors (Lipinski definition) is 4. The molecule has 0 aliphatic heterocycles. The van der Waals surface area contributed by atoms with Crippen molar-refractivity contribution in [2.75, 3.05) is 18.8 Å². The second-order valence-electron chi connectivity index (χ2n) is 7.20. The van der Waals surface area contributed by atoms with Crippen LogP contribution >= 0.6 is 0 Å². The second-order valence-corrected chi connectivity index (χ2v) is 10.1. The number of aliphatic imine (C=N–C) groups is 1. The minimum Gasteiger partial charge on any atom is -0.459 e. The van der Waals surface area contributed by atoms with E-state index in [0.717, 1.165) is 22.3 Å². The molecule has 0 fully saturated rings. The third-order valence-corrected chi connectivity index (χ3v) is 6.87. The number of benzene rings is 1. The van der Waals surface area contributed by atoms with Gasteiger partial charge in [-0.05, 0) is 40.7 Å². The topological polar surface area (TPSA) is 83.7 Å². The molecule has 144 valence electrons. The number of nitrogens with zero attached hydrogens (tertiary/aromatic N) is 1. The van der Waals surface area contributed by atoms with E-state index < -0.39 is 14.6 Å². The molecule has 26 heavy (non-hydrogen) atoms. The van der Waals surface area contributed by atoms with Gasteiger partial charge in [-0.2, -0.15) is 0 Å². The van der Waals surface area contributed by atoms with Gasteiger partial charge in [0, 0.05) is 24.0 Å². The summed E-state index contributed by atoms with van der Waals surface area (Å²) in [7, 11) is -3.16. The molecular formula is C19H29N3O3S. The van der Waals surface area contributed by atoms with Crippen LogP contribution in [0.4, 0.5) is 0 Å². The molecule has 0 unspecified atom stereocenters. The van der Waals surface area contributed by atoms with Crippen LogP contribution in [0.15, 0.2) is 33.7 Å². The summed E-state index contributed by atoms with van der Waals surface area (Å²) < 4.78 is 29.5. The maximum Gasteiger partial charge on any atom is 0.191 e. The number of nitrogens with one attached hydrogen (secondary N) is 2. The number of sulfone groups is 1. The first-order valence-electron chi connectivity index (χ1n) is 8.87. The number of fused-ring (bicyclic) bond motifs is 1. The van der Waals surface area contributed by atoms with Crippen LogP contribution in [0.1, 0.15) is 39.0 Å². The third kappa shape index (κ3) is 4.78. The van der Waals surface area contributed by atoms with Gasteiger partial charge in [-0.15, -0.1) is 0 Å². The quantitative estimate of drug-likeness (QED) is 0.595. The van der Waals surface area contributed by atoms with E-state index in [2.05, 4.69) is 15.6 Å². The lowest BCUT2D eigenvalue weighted by atomic mass is 10.1. The zero-order chi connectivity index (χ0) is 19.4. The fourth-order valence-corrected chi connectivity index (χ4v) is 3.46. The van der Waals surface area contributed by atoms with E-state index in [1.54, 1.807) is 20.8 Å². The van der Waals surface area contributed by atoms with Crippen molar-refractivity contribution in [3.05, 3.63) is 35.6 Å². The molecule has 2 aromatic rings. The third-order valence-electron chi connectivity index (χ3n) is 4.26.